The van der Waals surface area contributed by atoms with Crippen LogP contribution in [0.15, 0.2) is 24.3 Å². The highest BCUT2D eigenvalue weighted by molar-refractivity contribution is 6.05. The summed E-state index contributed by atoms with van der Waals surface area (Å²) in [6.07, 6.45) is 0.532. The predicted molar refractivity (Wildman–Crippen MR) is 65.8 cm³/mol. The van der Waals surface area contributed by atoms with Gasteiger partial charge >= 0.3 is 0 Å². The number of rotatable bonds is 3. The van der Waals surface area contributed by atoms with E-state index in [0.29, 0.717) is 0 Å². The minimum absolute atomic E-state index is 0.0144. The number of piperidine rings is 1. The maximum Gasteiger partial charge on any atom is 0.229 e. The van der Waals surface area contributed by atoms with Gasteiger partial charge < -0.3 is 0 Å². The molecule has 1 heterocycles. The smallest absolute Gasteiger partial charge is 0.229 e. The highest BCUT2D eigenvalue weighted by Crippen LogP contribution is 2.19. The molecule has 19 heavy (non-hydrogen) atoms. The van der Waals surface area contributed by atoms with Crippen LogP contribution in [0.25, 0.3) is 0 Å². The summed E-state index contributed by atoms with van der Waals surface area (Å²) in [6, 6.07) is 5.22. The number of imide groups is 1. The third-order valence-electron chi connectivity index (χ3n) is 3.10. The van der Waals surface area contributed by atoms with E-state index in [9.17, 15) is 18.8 Å². The van der Waals surface area contributed by atoms with Gasteiger partial charge in [0.25, 0.3) is 0 Å². The van der Waals surface area contributed by atoms with Crippen LogP contribution in [0, 0.1) is 11.7 Å². The molecule has 0 unspecified atom stereocenters. The molecule has 2 amide bonds. The van der Waals surface area contributed by atoms with E-state index in [1.54, 1.807) is 0 Å². The lowest BCUT2D eigenvalue weighted by atomic mass is 9.97. The van der Waals surface area contributed by atoms with Crippen molar-refractivity contribution in [2.24, 2.45) is 5.92 Å². The van der Waals surface area contributed by atoms with Crippen LogP contribution in [0.4, 0.5) is 4.39 Å². The summed E-state index contributed by atoms with van der Waals surface area (Å²) in [5, 5.41) is 0. The fourth-order valence-corrected chi connectivity index (χ4v) is 2.10. The zero-order valence-corrected chi connectivity index (χ0v) is 10.6. The molecule has 1 fully saturated rings. The van der Waals surface area contributed by atoms with Gasteiger partial charge in [-0.1, -0.05) is 19.1 Å². The lowest BCUT2D eigenvalue weighted by molar-refractivity contribution is -0.149. The van der Waals surface area contributed by atoms with Gasteiger partial charge in [-0.15, -0.1) is 0 Å². The molecule has 0 spiro atoms. The van der Waals surface area contributed by atoms with E-state index in [0.717, 1.165) is 11.0 Å². The van der Waals surface area contributed by atoms with Crippen LogP contribution < -0.4 is 0 Å². The van der Waals surface area contributed by atoms with Crippen molar-refractivity contribution in [2.45, 2.75) is 19.8 Å². The van der Waals surface area contributed by atoms with Crippen LogP contribution >= 0.6 is 0 Å². The van der Waals surface area contributed by atoms with Gasteiger partial charge in [-0.3, -0.25) is 19.3 Å². The molecule has 5 heteroatoms. The Morgan fingerprint density at radius 1 is 1.32 bits per heavy atom. The van der Waals surface area contributed by atoms with E-state index in [4.69, 9.17) is 0 Å². The first-order chi connectivity index (χ1) is 8.97. The topological polar surface area (TPSA) is 54.5 Å². The summed E-state index contributed by atoms with van der Waals surface area (Å²) in [5.74, 6) is -1.62. The standard InChI is InChI=1S/C14H14FNO3/c1-9-5-13(18)16(14(19)6-9)8-12(17)10-3-2-4-11(15)7-10/h2-4,7,9H,5-6,8H2,1H3. The van der Waals surface area contributed by atoms with Gasteiger partial charge in [0.1, 0.15) is 5.82 Å². The van der Waals surface area contributed by atoms with E-state index >= 15 is 0 Å². The molecule has 0 radical (unpaired) electrons. The normalized spacial score (nSPS) is 16.8. The maximum atomic E-state index is 13.0. The van der Waals surface area contributed by atoms with Gasteiger partial charge in [-0.25, -0.2) is 4.39 Å². The molecule has 1 aromatic rings. The Kier molecular flexibility index (Phi) is 3.74. The number of halogens is 1. The van der Waals surface area contributed by atoms with Gasteiger partial charge in [-0.05, 0) is 18.1 Å². The van der Waals surface area contributed by atoms with E-state index in [2.05, 4.69) is 0 Å². The predicted octanol–water partition coefficient (Wildman–Crippen LogP) is 1.79. The molecule has 1 saturated heterocycles. The number of amides is 2. The lowest BCUT2D eigenvalue weighted by Gasteiger charge is -2.27. The summed E-state index contributed by atoms with van der Waals surface area (Å²) in [5.41, 5.74) is 0.166. The number of carbonyl (C=O) groups is 3. The van der Waals surface area contributed by atoms with Crippen LogP contribution in [0.1, 0.15) is 30.1 Å². The van der Waals surface area contributed by atoms with Gasteiger partial charge in [0.05, 0.1) is 6.54 Å². The fourth-order valence-electron chi connectivity index (χ4n) is 2.10. The van der Waals surface area contributed by atoms with Crippen molar-refractivity contribution >= 4 is 17.6 Å². The van der Waals surface area contributed by atoms with Crippen LogP contribution in [0.3, 0.4) is 0 Å². The van der Waals surface area contributed by atoms with Crippen molar-refractivity contribution in [3.8, 4) is 0 Å². The van der Waals surface area contributed by atoms with E-state index < -0.39 is 11.6 Å². The zero-order chi connectivity index (χ0) is 14.0. The van der Waals surface area contributed by atoms with Crippen LogP contribution in [-0.2, 0) is 9.59 Å². The third kappa shape index (κ3) is 3.05. The highest BCUT2D eigenvalue weighted by atomic mass is 19.1. The molecule has 100 valence electrons. The fraction of sp³-hybridized carbons (Fsp3) is 0.357. The summed E-state index contributed by atoms with van der Waals surface area (Å²) >= 11 is 0. The summed E-state index contributed by atoms with van der Waals surface area (Å²) < 4.78 is 13.0. The molecule has 0 saturated carbocycles. The Hall–Kier alpha value is -2.04. The minimum Gasteiger partial charge on any atom is -0.292 e. The number of hydrogen-bond acceptors (Lipinski definition) is 3. The van der Waals surface area contributed by atoms with Crippen molar-refractivity contribution in [3.05, 3.63) is 35.6 Å². The molecule has 1 aromatic carbocycles. The molecular weight excluding hydrogens is 249 g/mol. The number of nitrogens with zero attached hydrogens (tertiary/aromatic N) is 1. The van der Waals surface area contributed by atoms with Crippen LogP contribution in [0.5, 0.6) is 0 Å². The lowest BCUT2D eigenvalue weighted by Crippen LogP contribution is -2.45. The first-order valence-corrected chi connectivity index (χ1v) is 6.09. The summed E-state index contributed by atoms with van der Waals surface area (Å²) in [4.78, 5) is 36.3. The minimum atomic E-state index is -0.518. The molecule has 0 aliphatic carbocycles. The number of hydrogen-bond donors (Lipinski definition) is 0. The van der Waals surface area contributed by atoms with Crippen LogP contribution in [0.2, 0.25) is 0 Å². The largest absolute Gasteiger partial charge is 0.292 e. The Morgan fingerprint density at radius 3 is 2.53 bits per heavy atom. The summed E-state index contributed by atoms with van der Waals surface area (Å²) in [6.45, 7) is 1.51. The molecule has 0 aromatic heterocycles. The molecule has 1 aliphatic rings. The molecule has 4 nitrogen and oxygen atoms in total. The zero-order valence-electron chi connectivity index (χ0n) is 10.6. The van der Waals surface area contributed by atoms with Crippen molar-refractivity contribution in [1.29, 1.82) is 0 Å². The average Bonchev–Trinajstić information content (AvgIpc) is 2.33. The third-order valence-corrected chi connectivity index (χ3v) is 3.10. The molecule has 0 atom stereocenters. The number of benzene rings is 1. The van der Waals surface area contributed by atoms with Gasteiger partial charge in [-0.2, -0.15) is 0 Å². The Labute approximate surface area is 110 Å². The maximum absolute atomic E-state index is 13.0. The molecular formula is C14H14FNO3. The quantitative estimate of drug-likeness (QED) is 0.617. The summed E-state index contributed by atoms with van der Waals surface area (Å²) in [7, 11) is 0. The molecule has 0 bridgehead atoms. The monoisotopic (exact) mass is 263 g/mol. The van der Waals surface area contributed by atoms with Crippen LogP contribution in [-0.4, -0.2) is 29.0 Å². The van der Waals surface area contributed by atoms with E-state index in [1.165, 1.54) is 18.2 Å². The van der Waals surface area contributed by atoms with E-state index in [1.807, 2.05) is 6.92 Å². The number of likely N-dealkylation sites (tertiary alicyclic amines) is 1. The first kappa shape index (κ1) is 13.4. The average molecular weight is 263 g/mol. The Balaban J connectivity index is 2.10. The second kappa shape index (κ2) is 5.30. The SMILES string of the molecule is CC1CC(=O)N(CC(=O)c2cccc(F)c2)C(=O)C1. The van der Waals surface area contributed by atoms with Gasteiger partial charge in [0.15, 0.2) is 5.78 Å². The van der Waals surface area contributed by atoms with Gasteiger partial charge in [0, 0.05) is 18.4 Å². The Bertz CT molecular complexity index is 523. The van der Waals surface area contributed by atoms with Crippen molar-refractivity contribution in [3.63, 3.8) is 0 Å². The second-order valence-corrected chi connectivity index (χ2v) is 4.82. The highest BCUT2D eigenvalue weighted by Gasteiger charge is 2.31. The van der Waals surface area contributed by atoms with E-state index in [-0.39, 0.29) is 42.7 Å². The molecule has 2 rings (SSSR count). The molecule has 0 N–H and O–H groups in total. The van der Waals surface area contributed by atoms with Crippen molar-refractivity contribution in [1.82, 2.24) is 4.90 Å². The number of Topliss-reactive ketones (excluding diaryl/α,β-unsaturated/α-hetero) is 1. The number of ketones is 1. The Morgan fingerprint density at radius 2 is 1.95 bits per heavy atom. The van der Waals surface area contributed by atoms with Gasteiger partial charge in [0.2, 0.25) is 11.8 Å². The van der Waals surface area contributed by atoms with Crippen molar-refractivity contribution < 1.29 is 18.8 Å². The van der Waals surface area contributed by atoms with Crippen molar-refractivity contribution in [2.75, 3.05) is 6.54 Å². The molecule has 1 aliphatic heterocycles. The number of carbonyl (C=O) groups excluding carboxylic acids is 3. The second-order valence-electron chi connectivity index (χ2n) is 4.82. The first-order valence-electron chi connectivity index (χ1n) is 6.09.